The van der Waals surface area contributed by atoms with Crippen LogP contribution in [0.5, 0.6) is 0 Å². The molecule has 0 spiro atoms. The van der Waals surface area contributed by atoms with E-state index in [9.17, 15) is 14.0 Å². The fourth-order valence-electron chi connectivity index (χ4n) is 5.22. The Balaban J connectivity index is 1.50. The van der Waals surface area contributed by atoms with Crippen LogP contribution in [-0.2, 0) is 17.9 Å². The van der Waals surface area contributed by atoms with Gasteiger partial charge in [0.15, 0.2) is 0 Å². The first-order chi connectivity index (χ1) is 16.4. The van der Waals surface area contributed by atoms with Crippen LogP contribution in [0.3, 0.4) is 0 Å². The van der Waals surface area contributed by atoms with E-state index < -0.39 is 0 Å². The molecule has 0 aliphatic heterocycles. The lowest BCUT2D eigenvalue weighted by molar-refractivity contribution is -0.123. The molecule has 0 bridgehead atoms. The van der Waals surface area contributed by atoms with E-state index in [1.54, 1.807) is 18.3 Å². The smallest absolute Gasteiger partial charge is 0.291 e. The maximum atomic E-state index is 13.5. The molecule has 1 aliphatic rings. The lowest BCUT2D eigenvalue weighted by Gasteiger charge is -2.34. The van der Waals surface area contributed by atoms with E-state index in [2.05, 4.69) is 24.3 Å². The molecule has 7 heteroatoms. The van der Waals surface area contributed by atoms with Crippen molar-refractivity contribution in [3.05, 3.63) is 76.5 Å². The molecule has 1 aliphatic carbocycles. The van der Waals surface area contributed by atoms with Gasteiger partial charge in [0.25, 0.3) is 5.56 Å². The molecule has 6 nitrogen and oxygen atoms in total. The summed E-state index contributed by atoms with van der Waals surface area (Å²) >= 11 is 0. The fourth-order valence-corrected chi connectivity index (χ4v) is 5.22. The number of carbonyl (C=O) groups is 1. The van der Waals surface area contributed by atoms with Crippen LogP contribution in [0, 0.1) is 17.7 Å². The van der Waals surface area contributed by atoms with Crippen molar-refractivity contribution in [2.75, 3.05) is 0 Å². The van der Waals surface area contributed by atoms with Gasteiger partial charge in [-0.1, -0.05) is 57.0 Å². The van der Waals surface area contributed by atoms with Crippen LogP contribution in [0.2, 0.25) is 0 Å². The molecule has 34 heavy (non-hydrogen) atoms. The molecule has 4 aromatic rings. The summed E-state index contributed by atoms with van der Waals surface area (Å²) in [6.07, 6.45) is 4.91. The van der Waals surface area contributed by atoms with E-state index in [0.717, 1.165) is 34.7 Å². The van der Waals surface area contributed by atoms with Crippen molar-refractivity contribution < 1.29 is 9.18 Å². The topological polar surface area (TPSA) is 68.9 Å². The number of nitrogens with zero attached hydrogens (tertiary/aromatic N) is 3. The second-order valence-electron chi connectivity index (χ2n) is 9.54. The largest absolute Gasteiger partial charge is 0.351 e. The van der Waals surface area contributed by atoms with Crippen LogP contribution in [0.4, 0.5) is 4.39 Å². The van der Waals surface area contributed by atoms with Gasteiger partial charge >= 0.3 is 0 Å². The minimum absolute atomic E-state index is 0.121. The van der Waals surface area contributed by atoms with E-state index in [1.807, 2.05) is 28.8 Å². The molecule has 3 atom stereocenters. The maximum absolute atomic E-state index is 13.5. The lowest BCUT2D eigenvalue weighted by Crippen LogP contribution is -2.45. The van der Waals surface area contributed by atoms with Gasteiger partial charge in [-0.2, -0.15) is 5.10 Å². The van der Waals surface area contributed by atoms with E-state index in [0.29, 0.717) is 23.9 Å². The predicted octanol–water partition coefficient (Wildman–Crippen LogP) is 4.48. The Hall–Kier alpha value is -3.48. The van der Waals surface area contributed by atoms with Crippen molar-refractivity contribution >= 4 is 27.7 Å². The monoisotopic (exact) mass is 460 g/mol. The van der Waals surface area contributed by atoms with Crippen molar-refractivity contribution in [3.63, 3.8) is 0 Å². The first-order valence-electron chi connectivity index (χ1n) is 11.9. The zero-order valence-electron chi connectivity index (χ0n) is 19.5. The van der Waals surface area contributed by atoms with Crippen LogP contribution in [0.25, 0.3) is 21.8 Å². The number of benzene rings is 2. The normalized spacial score (nSPS) is 20.6. The number of nitrogens with one attached hydrogen (secondary N) is 1. The third-order valence-corrected chi connectivity index (χ3v) is 7.37. The van der Waals surface area contributed by atoms with Crippen LogP contribution in [0.1, 0.15) is 38.7 Å². The molecule has 5 rings (SSSR count). The number of rotatable bonds is 5. The Morgan fingerprint density at radius 1 is 1.09 bits per heavy atom. The molecular weight excluding hydrogens is 431 g/mol. The highest BCUT2D eigenvalue weighted by Crippen LogP contribution is 2.30. The Morgan fingerprint density at radius 3 is 2.65 bits per heavy atom. The molecule has 2 aromatic heterocycles. The first-order valence-corrected chi connectivity index (χ1v) is 11.9. The molecule has 2 aromatic carbocycles. The molecule has 2 heterocycles. The van der Waals surface area contributed by atoms with Gasteiger partial charge in [-0.3, -0.25) is 9.59 Å². The van der Waals surface area contributed by atoms with Crippen LogP contribution in [-0.4, -0.2) is 26.3 Å². The number of aromatic nitrogens is 3. The molecule has 0 unspecified atom stereocenters. The highest BCUT2D eigenvalue weighted by Gasteiger charge is 2.28. The maximum Gasteiger partial charge on any atom is 0.291 e. The summed E-state index contributed by atoms with van der Waals surface area (Å²) < 4.78 is 16.6. The average molecular weight is 461 g/mol. The minimum Gasteiger partial charge on any atom is -0.351 e. The van der Waals surface area contributed by atoms with Crippen molar-refractivity contribution in [3.8, 4) is 0 Å². The first kappa shape index (κ1) is 22.3. The van der Waals surface area contributed by atoms with Crippen LogP contribution < -0.4 is 10.9 Å². The fraction of sp³-hybridized carbons (Fsp3) is 0.370. The molecule has 1 fully saturated rings. The lowest BCUT2D eigenvalue weighted by atomic mass is 9.78. The highest BCUT2D eigenvalue weighted by atomic mass is 19.1. The van der Waals surface area contributed by atoms with Crippen LogP contribution in [0.15, 0.2) is 59.5 Å². The summed E-state index contributed by atoms with van der Waals surface area (Å²) in [7, 11) is 0. The summed E-state index contributed by atoms with van der Waals surface area (Å²) in [5, 5.41) is 9.13. The van der Waals surface area contributed by atoms with Gasteiger partial charge in [0.1, 0.15) is 17.9 Å². The number of para-hydroxylation sites is 1. The van der Waals surface area contributed by atoms with E-state index in [-0.39, 0.29) is 29.9 Å². The van der Waals surface area contributed by atoms with Crippen molar-refractivity contribution in [2.24, 2.45) is 11.8 Å². The average Bonchev–Trinajstić information content (AvgIpc) is 3.14. The van der Waals surface area contributed by atoms with Crippen LogP contribution >= 0.6 is 0 Å². The van der Waals surface area contributed by atoms with E-state index in [4.69, 9.17) is 0 Å². The van der Waals surface area contributed by atoms with Crippen molar-refractivity contribution in [1.82, 2.24) is 19.7 Å². The molecule has 1 saturated carbocycles. The van der Waals surface area contributed by atoms with Gasteiger partial charge in [0.05, 0.1) is 6.20 Å². The summed E-state index contributed by atoms with van der Waals surface area (Å²) in [6, 6.07) is 14.2. The van der Waals surface area contributed by atoms with Gasteiger partial charge in [0, 0.05) is 28.9 Å². The van der Waals surface area contributed by atoms with Gasteiger partial charge in [-0.25, -0.2) is 9.07 Å². The summed E-state index contributed by atoms with van der Waals surface area (Å²) in [4.78, 5) is 26.4. The molecule has 0 radical (unpaired) electrons. The summed E-state index contributed by atoms with van der Waals surface area (Å²) in [6.45, 7) is 4.69. The second-order valence-corrected chi connectivity index (χ2v) is 9.54. The summed E-state index contributed by atoms with van der Waals surface area (Å²) in [5.41, 5.74) is 1.96. The number of fused-ring (bicyclic) bond motifs is 3. The third kappa shape index (κ3) is 4.11. The van der Waals surface area contributed by atoms with E-state index >= 15 is 0 Å². The number of carbonyl (C=O) groups excluding carboxylic acids is 1. The number of hydrogen-bond acceptors (Lipinski definition) is 3. The van der Waals surface area contributed by atoms with Crippen molar-refractivity contribution in [1.29, 1.82) is 0 Å². The molecule has 1 N–H and O–H groups in total. The standard InChI is InChI=1S/C27H29FN4O2/c1-17-6-5-8-23(18(17)2)30-25(33)16-32-27(34)26-22(14-29-32)21-7-3-4-9-24(21)31(26)15-19-10-12-20(28)13-11-19/h3-4,7,9-14,17-18,23H,5-6,8,15-16H2,1-2H3,(H,30,33)/t17-,18-,23-/m1/s1. The molecule has 0 saturated heterocycles. The highest BCUT2D eigenvalue weighted by molar-refractivity contribution is 6.07. The Bertz CT molecular complexity index is 1410. The zero-order valence-corrected chi connectivity index (χ0v) is 19.5. The molecule has 1 amide bonds. The third-order valence-electron chi connectivity index (χ3n) is 7.37. The van der Waals surface area contributed by atoms with Gasteiger partial charge in [0.2, 0.25) is 5.91 Å². The van der Waals surface area contributed by atoms with Gasteiger partial charge < -0.3 is 9.88 Å². The number of halogens is 1. The minimum atomic E-state index is -0.309. The Labute approximate surface area is 197 Å². The SMILES string of the molecule is C[C@@H]1[C@H](C)CCC[C@H]1NC(=O)Cn1ncc2c3ccccc3n(Cc3ccc(F)cc3)c2c1=O. The molecule has 176 valence electrons. The number of hydrogen-bond donors (Lipinski definition) is 1. The number of amides is 1. The Morgan fingerprint density at radius 2 is 1.85 bits per heavy atom. The predicted molar refractivity (Wildman–Crippen MR) is 131 cm³/mol. The molecular formula is C27H29FN4O2. The summed E-state index contributed by atoms with van der Waals surface area (Å²) in [5.74, 6) is 0.479. The van der Waals surface area contributed by atoms with Crippen molar-refractivity contribution in [2.45, 2.75) is 52.2 Å². The Kier molecular flexibility index (Phi) is 5.94. The zero-order chi connectivity index (χ0) is 23.8. The van der Waals surface area contributed by atoms with E-state index in [1.165, 1.54) is 23.2 Å². The second kappa shape index (κ2) is 9.05. The quantitative estimate of drug-likeness (QED) is 0.478. The van der Waals surface area contributed by atoms with Gasteiger partial charge in [-0.05, 0) is 42.0 Å². The van der Waals surface area contributed by atoms with Gasteiger partial charge in [-0.15, -0.1) is 0 Å².